The van der Waals surface area contributed by atoms with Gasteiger partial charge in [-0.15, -0.1) is 11.3 Å². The SMILES string of the molecule is N/C(=N/O)c1cc(F)ccc1NS(=O)(=O)c1ccc(Br)s1. The number of rotatable bonds is 4. The van der Waals surface area contributed by atoms with Gasteiger partial charge in [0.15, 0.2) is 5.84 Å². The van der Waals surface area contributed by atoms with Crippen LogP contribution >= 0.6 is 27.3 Å². The smallest absolute Gasteiger partial charge is 0.271 e. The Morgan fingerprint density at radius 2 is 2.10 bits per heavy atom. The van der Waals surface area contributed by atoms with E-state index in [-0.39, 0.29) is 15.5 Å². The van der Waals surface area contributed by atoms with Crippen LogP contribution in [0.2, 0.25) is 0 Å². The van der Waals surface area contributed by atoms with Crippen molar-refractivity contribution in [2.75, 3.05) is 4.72 Å². The largest absolute Gasteiger partial charge is 0.409 e. The molecule has 0 saturated carbocycles. The molecule has 0 aliphatic carbocycles. The van der Waals surface area contributed by atoms with Gasteiger partial charge in [0.1, 0.15) is 10.0 Å². The lowest BCUT2D eigenvalue weighted by Gasteiger charge is -2.11. The van der Waals surface area contributed by atoms with Gasteiger partial charge in [-0.3, -0.25) is 4.72 Å². The third-order valence-electron chi connectivity index (χ3n) is 2.42. The molecule has 0 saturated heterocycles. The molecule has 10 heteroatoms. The average Bonchev–Trinajstić information content (AvgIpc) is 2.87. The maximum Gasteiger partial charge on any atom is 0.271 e. The Labute approximate surface area is 132 Å². The molecular formula is C11H9BrFN3O3S2. The van der Waals surface area contributed by atoms with E-state index < -0.39 is 21.7 Å². The standard InChI is InChI=1S/C11H9BrFN3O3S2/c12-9-3-4-10(20-9)21(18,19)16-8-2-1-6(13)5-7(8)11(14)15-17/h1-5,16-17H,(H2,14,15). The van der Waals surface area contributed by atoms with Crippen LogP contribution < -0.4 is 10.5 Å². The number of oxime groups is 1. The molecule has 0 aliphatic rings. The van der Waals surface area contributed by atoms with Crippen molar-refractivity contribution in [3.8, 4) is 0 Å². The number of anilines is 1. The van der Waals surface area contributed by atoms with Gasteiger partial charge in [0.05, 0.1) is 9.47 Å². The zero-order valence-corrected chi connectivity index (χ0v) is 13.5. The summed E-state index contributed by atoms with van der Waals surface area (Å²) in [6, 6.07) is 6.24. The van der Waals surface area contributed by atoms with Crippen LogP contribution in [0.4, 0.5) is 10.1 Å². The lowest BCUT2D eigenvalue weighted by atomic mass is 10.1. The lowest BCUT2D eigenvalue weighted by Crippen LogP contribution is -2.19. The number of sulfonamides is 1. The van der Waals surface area contributed by atoms with Gasteiger partial charge < -0.3 is 10.9 Å². The molecule has 0 atom stereocenters. The first-order valence-electron chi connectivity index (χ1n) is 5.39. The lowest BCUT2D eigenvalue weighted by molar-refractivity contribution is 0.318. The van der Waals surface area contributed by atoms with E-state index in [9.17, 15) is 12.8 Å². The van der Waals surface area contributed by atoms with Crippen LogP contribution in [-0.2, 0) is 10.0 Å². The molecule has 21 heavy (non-hydrogen) atoms. The second-order valence-electron chi connectivity index (χ2n) is 3.84. The molecular weight excluding hydrogens is 385 g/mol. The van der Waals surface area contributed by atoms with E-state index in [0.29, 0.717) is 3.79 Å². The zero-order chi connectivity index (χ0) is 15.6. The fourth-order valence-corrected chi connectivity index (χ4v) is 4.60. The van der Waals surface area contributed by atoms with E-state index in [4.69, 9.17) is 10.9 Å². The van der Waals surface area contributed by atoms with Crippen LogP contribution in [0.3, 0.4) is 0 Å². The fourth-order valence-electron chi connectivity index (χ4n) is 1.51. The van der Waals surface area contributed by atoms with Crippen molar-refractivity contribution in [2.24, 2.45) is 10.9 Å². The highest BCUT2D eigenvalue weighted by atomic mass is 79.9. The van der Waals surface area contributed by atoms with Crippen LogP contribution in [0, 0.1) is 5.82 Å². The van der Waals surface area contributed by atoms with Crippen LogP contribution in [0.1, 0.15) is 5.56 Å². The second-order valence-corrected chi connectivity index (χ2v) is 8.21. The number of nitrogens with one attached hydrogen (secondary N) is 1. The highest BCUT2D eigenvalue weighted by molar-refractivity contribution is 9.11. The summed E-state index contributed by atoms with van der Waals surface area (Å²) in [5.41, 5.74) is 5.37. The molecule has 1 aromatic carbocycles. The van der Waals surface area contributed by atoms with Gasteiger partial charge in [-0.25, -0.2) is 12.8 Å². The normalized spacial score (nSPS) is 12.4. The quantitative estimate of drug-likeness (QED) is 0.321. The van der Waals surface area contributed by atoms with Crippen molar-refractivity contribution in [3.63, 3.8) is 0 Å². The highest BCUT2D eigenvalue weighted by Gasteiger charge is 2.19. The number of halogens is 2. The van der Waals surface area contributed by atoms with E-state index in [1.54, 1.807) is 6.07 Å². The molecule has 1 aromatic heterocycles. The first-order valence-corrected chi connectivity index (χ1v) is 8.48. The molecule has 0 amide bonds. The number of benzene rings is 1. The van der Waals surface area contributed by atoms with E-state index >= 15 is 0 Å². The van der Waals surface area contributed by atoms with Gasteiger partial charge in [-0.2, -0.15) is 0 Å². The Balaban J connectivity index is 2.44. The van der Waals surface area contributed by atoms with Gasteiger partial charge in [0.25, 0.3) is 10.0 Å². The maximum absolute atomic E-state index is 13.2. The minimum absolute atomic E-state index is 0.0104. The summed E-state index contributed by atoms with van der Waals surface area (Å²) in [4.78, 5) is 0. The number of nitrogens with zero attached hydrogens (tertiary/aromatic N) is 1. The molecule has 112 valence electrons. The maximum atomic E-state index is 13.2. The zero-order valence-electron chi connectivity index (χ0n) is 10.2. The average molecular weight is 394 g/mol. The topological polar surface area (TPSA) is 105 Å². The molecule has 0 radical (unpaired) electrons. The first-order chi connectivity index (χ1) is 9.83. The monoisotopic (exact) mass is 393 g/mol. The number of thiophene rings is 1. The van der Waals surface area contributed by atoms with Gasteiger partial charge >= 0.3 is 0 Å². The molecule has 0 fully saturated rings. The van der Waals surface area contributed by atoms with Crippen molar-refractivity contribution in [2.45, 2.75) is 4.21 Å². The Bertz CT molecular complexity index is 805. The predicted molar refractivity (Wildman–Crippen MR) is 81.7 cm³/mol. The molecule has 0 unspecified atom stereocenters. The summed E-state index contributed by atoms with van der Waals surface area (Å²) in [5.74, 6) is -1.04. The number of hydrogen-bond donors (Lipinski definition) is 3. The number of hydrogen-bond acceptors (Lipinski definition) is 5. The van der Waals surface area contributed by atoms with Crippen molar-refractivity contribution in [1.29, 1.82) is 0 Å². The van der Waals surface area contributed by atoms with E-state index in [1.807, 2.05) is 0 Å². The third kappa shape index (κ3) is 3.52. The molecule has 1 heterocycles. The summed E-state index contributed by atoms with van der Waals surface area (Å²) >= 11 is 4.19. The molecule has 2 aromatic rings. The Hall–Kier alpha value is -1.65. The van der Waals surface area contributed by atoms with Crippen LogP contribution in [-0.4, -0.2) is 19.5 Å². The second kappa shape index (κ2) is 6.00. The molecule has 0 bridgehead atoms. The van der Waals surface area contributed by atoms with Crippen LogP contribution in [0.25, 0.3) is 0 Å². The minimum Gasteiger partial charge on any atom is -0.409 e. The van der Waals surface area contributed by atoms with Gasteiger partial charge in [-0.1, -0.05) is 5.16 Å². The Morgan fingerprint density at radius 3 is 2.67 bits per heavy atom. The summed E-state index contributed by atoms with van der Waals surface area (Å²) < 4.78 is 40.6. The van der Waals surface area contributed by atoms with Gasteiger partial charge in [0.2, 0.25) is 0 Å². The van der Waals surface area contributed by atoms with Crippen molar-refractivity contribution in [1.82, 2.24) is 0 Å². The molecule has 0 aliphatic heterocycles. The van der Waals surface area contributed by atoms with Crippen LogP contribution in [0.15, 0.2) is 43.5 Å². The van der Waals surface area contributed by atoms with E-state index in [0.717, 1.165) is 23.5 Å². The van der Waals surface area contributed by atoms with Gasteiger partial charge in [0, 0.05) is 5.56 Å². The Kier molecular flexibility index (Phi) is 4.49. The van der Waals surface area contributed by atoms with Crippen molar-refractivity contribution >= 4 is 48.8 Å². The molecule has 6 nitrogen and oxygen atoms in total. The van der Waals surface area contributed by atoms with Gasteiger partial charge in [-0.05, 0) is 46.3 Å². The molecule has 0 spiro atoms. The summed E-state index contributed by atoms with van der Waals surface area (Å²) in [5, 5.41) is 11.4. The Morgan fingerprint density at radius 1 is 1.38 bits per heavy atom. The first kappa shape index (κ1) is 15.7. The minimum atomic E-state index is -3.85. The predicted octanol–water partition coefficient (Wildman–Crippen LogP) is 2.54. The summed E-state index contributed by atoms with van der Waals surface area (Å²) in [6.07, 6.45) is 0. The van der Waals surface area contributed by atoms with E-state index in [1.165, 1.54) is 12.1 Å². The number of amidine groups is 1. The summed E-state index contributed by atoms with van der Waals surface area (Å²) in [6.45, 7) is 0. The fraction of sp³-hybridized carbons (Fsp3) is 0. The highest BCUT2D eigenvalue weighted by Crippen LogP contribution is 2.28. The van der Waals surface area contributed by atoms with Crippen molar-refractivity contribution < 1.29 is 18.0 Å². The van der Waals surface area contributed by atoms with E-state index in [2.05, 4.69) is 25.8 Å². The molecule has 4 N–H and O–H groups in total. The van der Waals surface area contributed by atoms with Crippen LogP contribution in [0.5, 0.6) is 0 Å². The number of nitrogens with two attached hydrogens (primary N) is 1. The molecule has 2 rings (SSSR count). The van der Waals surface area contributed by atoms with Crippen molar-refractivity contribution in [3.05, 3.63) is 45.5 Å². The third-order valence-corrected chi connectivity index (χ3v) is 5.90. The summed E-state index contributed by atoms with van der Waals surface area (Å²) in [7, 11) is -3.85.